The minimum absolute atomic E-state index is 0.120. The molecule has 10 heteroatoms. The van der Waals surface area contributed by atoms with Crippen LogP contribution in [0.3, 0.4) is 0 Å². The van der Waals surface area contributed by atoms with E-state index < -0.39 is 26.7 Å². The Morgan fingerprint density at radius 2 is 2.16 bits per heavy atom. The summed E-state index contributed by atoms with van der Waals surface area (Å²) < 4.78 is 25.8. The first-order chi connectivity index (χ1) is 8.69. The van der Waals surface area contributed by atoms with Gasteiger partial charge in [0.1, 0.15) is 4.21 Å². The van der Waals surface area contributed by atoms with E-state index in [9.17, 15) is 18.5 Å². The highest BCUT2D eigenvalue weighted by Crippen LogP contribution is 2.36. The summed E-state index contributed by atoms with van der Waals surface area (Å²) >= 11 is 6.22. The molecule has 1 aromatic rings. The number of aliphatic hydroxyl groups excluding tert-OH is 1. The van der Waals surface area contributed by atoms with Crippen LogP contribution in [-0.2, 0) is 10.0 Å². The molecule has 0 spiro atoms. The molecule has 0 aromatic carbocycles. The fourth-order valence-corrected chi connectivity index (χ4v) is 4.29. The Bertz CT molecular complexity index is 569. The summed E-state index contributed by atoms with van der Waals surface area (Å²) in [6, 6.07) is 0.245. The summed E-state index contributed by atoms with van der Waals surface area (Å²) in [6.07, 6.45) is 0. The number of hydrogen-bond acceptors (Lipinski definition) is 6. The largest absolute Gasteiger partial charge is 0.395 e. The van der Waals surface area contributed by atoms with E-state index in [4.69, 9.17) is 16.7 Å². The Labute approximate surface area is 119 Å². The van der Waals surface area contributed by atoms with Crippen molar-refractivity contribution >= 4 is 38.6 Å². The third-order valence-corrected chi connectivity index (χ3v) is 5.72. The second-order valence-corrected chi connectivity index (χ2v) is 7.73. The lowest BCUT2D eigenvalue weighted by Crippen LogP contribution is -2.40. The summed E-state index contributed by atoms with van der Waals surface area (Å²) in [7, 11) is -3.93. The fourth-order valence-electron chi connectivity index (χ4n) is 1.24. The summed E-state index contributed by atoms with van der Waals surface area (Å²) in [5, 5.41) is 19.7. The number of sulfonamides is 1. The monoisotopic (exact) mass is 328 g/mol. The van der Waals surface area contributed by atoms with Gasteiger partial charge in [-0.15, -0.1) is 11.3 Å². The van der Waals surface area contributed by atoms with Crippen molar-refractivity contribution in [3.63, 3.8) is 0 Å². The van der Waals surface area contributed by atoms with E-state index in [0.717, 1.165) is 6.07 Å². The summed E-state index contributed by atoms with van der Waals surface area (Å²) in [4.78, 5) is 9.87. The van der Waals surface area contributed by atoms with Crippen LogP contribution in [0.15, 0.2) is 10.3 Å². The van der Waals surface area contributed by atoms with Gasteiger partial charge in [0.05, 0.1) is 11.5 Å². The van der Waals surface area contributed by atoms with Crippen LogP contribution in [0.2, 0.25) is 4.34 Å². The third kappa shape index (κ3) is 3.86. The average Bonchev–Trinajstić information content (AvgIpc) is 2.68. The second kappa shape index (κ2) is 6.14. The third-order valence-electron chi connectivity index (χ3n) is 2.42. The zero-order chi connectivity index (χ0) is 14.8. The van der Waals surface area contributed by atoms with Gasteiger partial charge in [-0.3, -0.25) is 10.1 Å². The molecule has 19 heavy (non-hydrogen) atoms. The zero-order valence-electron chi connectivity index (χ0n) is 10.2. The van der Waals surface area contributed by atoms with Crippen LogP contribution in [0, 0.1) is 16.0 Å². The van der Waals surface area contributed by atoms with E-state index in [1.54, 1.807) is 13.8 Å². The van der Waals surface area contributed by atoms with E-state index in [1.807, 2.05) is 0 Å². The molecule has 0 fully saturated rings. The van der Waals surface area contributed by atoms with Crippen LogP contribution in [-0.4, -0.2) is 31.1 Å². The van der Waals surface area contributed by atoms with Crippen molar-refractivity contribution in [2.75, 3.05) is 6.61 Å². The van der Waals surface area contributed by atoms with E-state index >= 15 is 0 Å². The molecule has 0 aliphatic carbocycles. The van der Waals surface area contributed by atoms with Crippen molar-refractivity contribution in [1.29, 1.82) is 0 Å². The molecule has 0 radical (unpaired) electrons. The quantitative estimate of drug-likeness (QED) is 0.609. The van der Waals surface area contributed by atoms with Crippen molar-refractivity contribution in [2.24, 2.45) is 5.92 Å². The molecule has 0 aliphatic heterocycles. The first kappa shape index (κ1) is 16.3. The molecular formula is C9H13ClN2O5S2. The lowest BCUT2D eigenvalue weighted by molar-refractivity contribution is -0.384. The van der Waals surface area contributed by atoms with E-state index in [0.29, 0.717) is 11.3 Å². The van der Waals surface area contributed by atoms with Gasteiger partial charge >= 0.3 is 0 Å². The van der Waals surface area contributed by atoms with E-state index in [-0.39, 0.29) is 21.1 Å². The standard InChI is InChI=1S/C9H13ClN2O5S2/c1-5(2)6(4-13)11-19(16,17)8-3-7(12(14)15)9(10)18-8/h3,5-6,11,13H,4H2,1-2H3. The molecule has 1 aromatic heterocycles. The van der Waals surface area contributed by atoms with Crippen molar-refractivity contribution in [2.45, 2.75) is 24.1 Å². The number of rotatable bonds is 6. The van der Waals surface area contributed by atoms with Crippen molar-refractivity contribution in [3.8, 4) is 0 Å². The lowest BCUT2D eigenvalue weighted by atomic mass is 10.1. The first-order valence-corrected chi connectivity index (χ1v) is 7.93. The number of nitro groups is 1. The van der Waals surface area contributed by atoms with Crippen molar-refractivity contribution < 1.29 is 18.4 Å². The SMILES string of the molecule is CC(C)C(CO)NS(=O)(=O)c1cc([N+](=O)[O-])c(Cl)s1. The lowest BCUT2D eigenvalue weighted by Gasteiger charge is -2.18. The average molecular weight is 329 g/mol. The summed E-state index contributed by atoms with van der Waals surface area (Å²) in [5.41, 5.74) is -0.447. The first-order valence-electron chi connectivity index (χ1n) is 5.26. The highest BCUT2D eigenvalue weighted by atomic mass is 35.5. The van der Waals surface area contributed by atoms with Gasteiger partial charge in [0, 0.05) is 12.1 Å². The van der Waals surface area contributed by atoms with Gasteiger partial charge in [0.15, 0.2) is 4.34 Å². The smallest absolute Gasteiger partial charge is 0.300 e. The molecule has 2 N–H and O–H groups in total. The predicted molar refractivity (Wildman–Crippen MR) is 72.0 cm³/mol. The highest BCUT2D eigenvalue weighted by Gasteiger charge is 2.28. The molecule has 108 valence electrons. The molecule has 1 unspecified atom stereocenters. The number of hydrogen-bond donors (Lipinski definition) is 2. The maximum atomic E-state index is 12.0. The maximum Gasteiger partial charge on any atom is 0.300 e. The number of nitrogens with one attached hydrogen (secondary N) is 1. The Hall–Kier alpha value is -0.740. The molecule has 1 heterocycles. The fraction of sp³-hybridized carbons (Fsp3) is 0.556. The van der Waals surface area contributed by atoms with Crippen LogP contribution in [0.5, 0.6) is 0 Å². The Balaban J connectivity index is 3.07. The van der Waals surface area contributed by atoms with Crippen LogP contribution >= 0.6 is 22.9 Å². The Kier molecular flexibility index (Phi) is 5.27. The Morgan fingerprint density at radius 1 is 1.58 bits per heavy atom. The second-order valence-electron chi connectivity index (χ2n) is 4.14. The van der Waals surface area contributed by atoms with Gasteiger partial charge in [-0.1, -0.05) is 25.4 Å². The normalized spacial score (nSPS) is 13.7. The maximum absolute atomic E-state index is 12.0. The summed E-state index contributed by atoms with van der Waals surface area (Å²) in [6.45, 7) is 3.12. The predicted octanol–water partition coefficient (Wildman–Crippen LogP) is 1.60. The van der Waals surface area contributed by atoms with Crippen LogP contribution in [0.4, 0.5) is 5.69 Å². The summed E-state index contributed by atoms with van der Waals surface area (Å²) in [5.74, 6) is -0.120. The van der Waals surface area contributed by atoms with Crippen molar-refractivity contribution in [1.82, 2.24) is 4.72 Å². The van der Waals surface area contributed by atoms with E-state index in [2.05, 4.69) is 4.72 Å². The molecule has 0 bridgehead atoms. The molecule has 1 atom stereocenters. The van der Waals surface area contributed by atoms with Crippen LogP contribution in [0.25, 0.3) is 0 Å². The topological polar surface area (TPSA) is 110 Å². The van der Waals surface area contributed by atoms with Gasteiger partial charge in [-0.2, -0.15) is 0 Å². The molecule has 0 saturated carbocycles. The highest BCUT2D eigenvalue weighted by molar-refractivity contribution is 7.91. The Morgan fingerprint density at radius 3 is 2.53 bits per heavy atom. The minimum atomic E-state index is -3.93. The number of thiophene rings is 1. The van der Waals surface area contributed by atoms with Gasteiger partial charge < -0.3 is 5.11 Å². The molecule has 7 nitrogen and oxygen atoms in total. The van der Waals surface area contributed by atoms with Gasteiger partial charge in [0.25, 0.3) is 15.7 Å². The number of nitrogens with zero attached hydrogens (tertiary/aromatic N) is 1. The van der Waals surface area contributed by atoms with Crippen LogP contribution in [0.1, 0.15) is 13.8 Å². The van der Waals surface area contributed by atoms with Gasteiger partial charge in [-0.05, 0) is 5.92 Å². The molecule has 0 saturated heterocycles. The van der Waals surface area contributed by atoms with Gasteiger partial charge in [-0.25, -0.2) is 13.1 Å². The van der Waals surface area contributed by atoms with Gasteiger partial charge in [0.2, 0.25) is 0 Å². The minimum Gasteiger partial charge on any atom is -0.395 e. The molecular weight excluding hydrogens is 316 g/mol. The number of halogens is 1. The molecule has 0 aliphatic rings. The number of aliphatic hydroxyl groups is 1. The zero-order valence-corrected chi connectivity index (χ0v) is 12.5. The molecule has 1 rings (SSSR count). The van der Waals surface area contributed by atoms with Crippen LogP contribution < -0.4 is 4.72 Å². The molecule has 0 amide bonds. The van der Waals surface area contributed by atoms with E-state index in [1.165, 1.54) is 0 Å². The van der Waals surface area contributed by atoms with Crippen molar-refractivity contribution in [3.05, 3.63) is 20.5 Å².